The van der Waals surface area contributed by atoms with E-state index in [0.717, 1.165) is 16.0 Å². The number of carbonyl (C=O) groups is 4. The lowest BCUT2D eigenvalue weighted by Gasteiger charge is -2.27. The summed E-state index contributed by atoms with van der Waals surface area (Å²) in [6.45, 7) is 3.48. The topological polar surface area (TPSA) is 114 Å². The van der Waals surface area contributed by atoms with E-state index in [0.29, 0.717) is 22.7 Å². The van der Waals surface area contributed by atoms with Crippen molar-refractivity contribution in [3.63, 3.8) is 0 Å². The predicted molar refractivity (Wildman–Crippen MR) is 138 cm³/mol. The molecule has 37 heavy (non-hydrogen) atoms. The number of urea groups is 1. The molecule has 1 saturated heterocycles. The highest BCUT2D eigenvalue weighted by atomic mass is 16.5. The molecule has 1 aliphatic rings. The number of para-hydroxylation sites is 1. The first kappa shape index (κ1) is 25.2. The zero-order valence-electron chi connectivity index (χ0n) is 20.5. The van der Waals surface area contributed by atoms with Crippen molar-refractivity contribution in [2.24, 2.45) is 0 Å². The Morgan fingerprint density at radius 2 is 1.70 bits per heavy atom. The molecule has 3 aromatic rings. The molecule has 0 spiro atoms. The SMILES string of the molecule is COc1ccc(NC(=O)COc2ccccc2/C=C2/C(=O)NC(=O)N(c3ccc(C)c(C)c3)C2=O)cc1. The number of hydrogen-bond acceptors (Lipinski definition) is 6. The second-order valence-corrected chi connectivity index (χ2v) is 8.33. The van der Waals surface area contributed by atoms with Crippen LogP contribution in [-0.4, -0.2) is 37.5 Å². The van der Waals surface area contributed by atoms with Crippen molar-refractivity contribution in [2.45, 2.75) is 13.8 Å². The van der Waals surface area contributed by atoms with Gasteiger partial charge in [0, 0.05) is 11.3 Å². The lowest BCUT2D eigenvalue weighted by atomic mass is 10.0. The van der Waals surface area contributed by atoms with Gasteiger partial charge in [0.1, 0.15) is 17.1 Å². The highest BCUT2D eigenvalue weighted by molar-refractivity contribution is 6.39. The average Bonchev–Trinajstić information content (AvgIpc) is 2.88. The van der Waals surface area contributed by atoms with Crippen molar-refractivity contribution >= 4 is 41.2 Å². The van der Waals surface area contributed by atoms with Gasteiger partial charge in [0.05, 0.1) is 12.8 Å². The van der Waals surface area contributed by atoms with Crippen LogP contribution in [-0.2, 0) is 14.4 Å². The van der Waals surface area contributed by atoms with Gasteiger partial charge in [0.15, 0.2) is 6.61 Å². The smallest absolute Gasteiger partial charge is 0.335 e. The van der Waals surface area contributed by atoms with E-state index in [1.807, 2.05) is 13.8 Å². The Bertz CT molecular complexity index is 1410. The quantitative estimate of drug-likeness (QED) is 0.375. The molecule has 0 aliphatic carbocycles. The van der Waals surface area contributed by atoms with Crippen LogP contribution in [0.15, 0.2) is 72.3 Å². The fraction of sp³-hybridized carbons (Fsp3) is 0.143. The molecule has 3 aromatic carbocycles. The molecule has 1 aliphatic heterocycles. The second kappa shape index (κ2) is 10.8. The number of ether oxygens (including phenoxy) is 2. The lowest BCUT2D eigenvalue weighted by molar-refractivity contribution is -0.122. The van der Waals surface area contributed by atoms with Gasteiger partial charge in [0.25, 0.3) is 17.7 Å². The zero-order chi connectivity index (χ0) is 26.5. The standard InChI is InChI=1S/C28H25N3O6/c1-17-8-11-21(14-18(17)2)31-27(34)23(26(33)30-28(31)35)15-19-6-4-5-7-24(19)37-16-25(32)29-20-9-12-22(36-3)13-10-20/h4-15H,16H2,1-3H3,(H,29,32)(H,30,33,35)/b23-15-. The van der Waals surface area contributed by atoms with Crippen molar-refractivity contribution < 1.29 is 28.7 Å². The molecule has 0 radical (unpaired) electrons. The van der Waals surface area contributed by atoms with Gasteiger partial charge in [0.2, 0.25) is 0 Å². The minimum atomic E-state index is -0.824. The number of barbiturate groups is 1. The van der Waals surface area contributed by atoms with Gasteiger partial charge in [-0.05, 0) is 73.5 Å². The normalized spacial score (nSPS) is 14.4. The van der Waals surface area contributed by atoms with E-state index >= 15 is 0 Å². The molecular weight excluding hydrogens is 474 g/mol. The number of nitrogens with one attached hydrogen (secondary N) is 2. The van der Waals surface area contributed by atoms with Gasteiger partial charge in [-0.3, -0.25) is 19.7 Å². The number of amides is 5. The Kier molecular flexibility index (Phi) is 7.34. The third-order valence-electron chi connectivity index (χ3n) is 5.80. The summed E-state index contributed by atoms with van der Waals surface area (Å²) in [5.41, 5.74) is 2.98. The third-order valence-corrected chi connectivity index (χ3v) is 5.80. The molecule has 0 unspecified atom stereocenters. The molecule has 5 amide bonds. The van der Waals surface area contributed by atoms with Crippen molar-refractivity contribution in [1.82, 2.24) is 5.32 Å². The largest absolute Gasteiger partial charge is 0.497 e. The van der Waals surface area contributed by atoms with Crippen LogP contribution in [0.1, 0.15) is 16.7 Å². The number of methoxy groups -OCH3 is 1. The maximum absolute atomic E-state index is 13.2. The summed E-state index contributed by atoms with van der Waals surface area (Å²) >= 11 is 0. The molecular formula is C28H25N3O6. The fourth-order valence-corrected chi connectivity index (χ4v) is 3.66. The summed E-state index contributed by atoms with van der Waals surface area (Å²) in [5, 5.41) is 4.93. The molecule has 9 heteroatoms. The van der Waals surface area contributed by atoms with Crippen LogP contribution in [0.5, 0.6) is 11.5 Å². The van der Waals surface area contributed by atoms with E-state index in [1.165, 1.54) is 6.08 Å². The van der Waals surface area contributed by atoms with Gasteiger partial charge in [-0.15, -0.1) is 0 Å². The number of carbonyl (C=O) groups excluding carboxylic acids is 4. The number of hydrogen-bond donors (Lipinski definition) is 2. The van der Waals surface area contributed by atoms with Crippen molar-refractivity contribution in [2.75, 3.05) is 23.9 Å². The van der Waals surface area contributed by atoms with E-state index < -0.39 is 23.8 Å². The Hall–Kier alpha value is -4.92. The number of aryl methyl sites for hydroxylation is 2. The number of nitrogens with zero attached hydrogens (tertiary/aromatic N) is 1. The first-order chi connectivity index (χ1) is 17.8. The first-order valence-electron chi connectivity index (χ1n) is 11.4. The summed E-state index contributed by atoms with van der Waals surface area (Å²) in [7, 11) is 1.55. The average molecular weight is 500 g/mol. The molecule has 1 heterocycles. The summed E-state index contributed by atoms with van der Waals surface area (Å²) in [4.78, 5) is 51.6. The Balaban J connectivity index is 1.53. The molecule has 0 saturated carbocycles. The van der Waals surface area contributed by atoms with Gasteiger partial charge in [-0.1, -0.05) is 24.3 Å². The Morgan fingerprint density at radius 1 is 0.973 bits per heavy atom. The maximum atomic E-state index is 13.2. The molecule has 0 atom stereocenters. The predicted octanol–water partition coefficient (Wildman–Crippen LogP) is 4.00. The van der Waals surface area contributed by atoms with Gasteiger partial charge in [-0.25, -0.2) is 9.69 Å². The third kappa shape index (κ3) is 5.67. The molecule has 1 fully saturated rings. The van der Waals surface area contributed by atoms with Crippen molar-refractivity contribution in [3.05, 3.63) is 89.0 Å². The van der Waals surface area contributed by atoms with Gasteiger partial charge in [-0.2, -0.15) is 0 Å². The van der Waals surface area contributed by atoms with E-state index in [-0.39, 0.29) is 17.9 Å². The first-order valence-corrected chi connectivity index (χ1v) is 11.4. The number of benzene rings is 3. The van der Waals surface area contributed by atoms with Crippen LogP contribution < -0.4 is 25.0 Å². The monoisotopic (exact) mass is 499 g/mol. The van der Waals surface area contributed by atoms with Crippen LogP contribution in [0.3, 0.4) is 0 Å². The summed E-state index contributed by atoms with van der Waals surface area (Å²) in [6.07, 6.45) is 1.34. The van der Waals surface area contributed by atoms with Crippen LogP contribution in [0, 0.1) is 13.8 Å². The Labute approximate surface area is 213 Å². The number of imide groups is 2. The number of rotatable bonds is 7. The summed E-state index contributed by atoms with van der Waals surface area (Å²) in [6, 6.07) is 17.8. The van der Waals surface area contributed by atoms with Crippen LogP contribution >= 0.6 is 0 Å². The van der Waals surface area contributed by atoms with Crippen molar-refractivity contribution in [3.8, 4) is 11.5 Å². The summed E-state index contributed by atoms with van der Waals surface area (Å²) < 4.78 is 10.8. The second-order valence-electron chi connectivity index (χ2n) is 8.33. The van der Waals surface area contributed by atoms with E-state index in [9.17, 15) is 19.2 Å². The highest BCUT2D eigenvalue weighted by Gasteiger charge is 2.37. The maximum Gasteiger partial charge on any atom is 0.335 e. The minimum Gasteiger partial charge on any atom is -0.497 e. The highest BCUT2D eigenvalue weighted by Crippen LogP contribution is 2.26. The summed E-state index contributed by atoms with van der Waals surface area (Å²) in [5.74, 6) is -1.03. The Morgan fingerprint density at radius 3 is 2.41 bits per heavy atom. The molecule has 0 bridgehead atoms. The molecule has 188 valence electrons. The van der Waals surface area contributed by atoms with Gasteiger partial charge >= 0.3 is 6.03 Å². The molecule has 2 N–H and O–H groups in total. The molecule has 4 rings (SSSR count). The van der Waals surface area contributed by atoms with Crippen LogP contribution in [0.25, 0.3) is 6.08 Å². The van der Waals surface area contributed by atoms with Crippen LogP contribution in [0.4, 0.5) is 16.2 Å². The number of anilines is 2. The van der Waals surface area contributed by atoms with E-state index in [2.05, 4.69) is 10.6 Å². The molecule has 9 nitrogen and oxygen atoms in total. The van der Waals surface area contributed by atoms with Gasteiger partial charge < -0.3 is 14.8 Å². The van der Waals surface area contributed by atoms with E-state index in [4.69, 9.17) is 9.47 Å². The minimum absolute atomic E-state index is 0.239. The fourth-order valence-electron chi connectivity index (χ4n) is 3.66. The van der Waals surface area contributed by atoms with E-state index in [1.54, 1.807) is 73.8 Å². The lowest BCUT2D eigenvalue weighted by Crippen LogP contribution is -2.54. The van der Waals surface area contributed by atoms with Crippen LogP contribution in [0.2, 0.25) is 0 Å². The van der Waals surface area contributed by atoms with Crippen molar-refractivity contribution in [1.29, 1.82) is 0 Å². The molecule has 0 aromatic heterocycles. The zero-order valence-corrected chi connectivity index (χ0v) is 20.5.